The van der Waals surface area contributed by atoms with E-state index in [4.69, 9.17) is 4.52 Å². The van der Waals surface area contributed by atoms with Gasteiger partial charge in [-0.2, -0.15) is 0 Å². The number of nitrogens with one attached hydrogen (secondary N) is 1. The van der Waals surface area contributed by atoms with Crippen LogP contribution in [0, 0.1) is 13.8 Å². The van der Waals surface area contributed by atoms with Crippen molar-refractivity contribution in [2.24, 2.45) is 0 Å². The van der Waals surface area contributed by atoms with Crippen LogP contribution >= 0.6 is 0 Å². The van der Waals surface area contributed by atoms with Gasteiger partial charge in [0, 0.05) is 12.1 Å². The van der Waals surface area contributed by atoms with Gasteiger partial charge in [0.2, 0.25) is 5.91 Å². The number of rotatable bonds is 6. The summed E-state index contributed by atoms with van der Waals surface area (Å²) in [4.78, 5) is 12.2. The fraction of sp³-hybridized carbons (Fsp3) is 0.412. The number of benzene rings is 1. The van der Waals surface area contributed by atoms with Gasteiger partial charge in [-0.25, -0.2) is 0 Å². The van der Waals surface area contributed by atoms with E-state index in [-0.39, 0.29) is 11.8 Å². The van der Waals surface area contributed by atoms with Gasteiger partial charge >= 0.3 is 0 Å². The first kappa shape index (κ1) is 16.2. The molecule has 2 N–H and O–H groups in total. The molecule has 0 bridgehead atoms. The van der Waals surface area contributed by atoms with Crippen LogP contribution in [0.3, 0.4) is 0 Å². The van der Waals surface area contributed by atoms with E-state index in [2.05, 4.69) is 10.5 Å². The molecular formula is C17H22N2O3. The van der Waals surface area contributed by atoms with Crippen molar-refractivity contribution in [3.63, 3.8) is 0 Å². The van der Waals surface area contributed by atoms with E-state index in [0.717, 1.165) is 16.8 Å². The molecule has 5 heteroatoms. The van der Waals surface area contributed by atoms with Crippen LogP contribution in [0.5, 0.6) is 0 Å². The van der Waals surface area contributed by atoms with E-state index in [1.165, 1.54) is 0 Å². The average molecular weight is 302 g/mol. The molecule has 0 saturated carbocycles. The highest BCUT2D eigenvalue weighted by Crippen LogP contribution is 2.23. The zero-order valence-electron chi connectivity index (χ0n) is 13.2. The Bertz CT molecular complexity index is 603. The molecule has 0 saturated heterocycles. The second-order valence-corrected chi connectivity index (χ2v) is 5.47. The number of nitrogens with zero attached hydrogens (tertiary/aromatic N) is 1. The van der Waals surface area contributed by atoms with Gasteiger partial charge in [0.25, 0.3) is 0 Å². The van der Waals surface area contributed by atoms with Crippen LogP contribution in [0.2, 0.25) is 0 Å². The van der Waals surface area contributed by atoms with Crippen molar-refractivity contribution in [1.29, 1.82) is 0 Å². The summed E-state index contributed by atoms with van der Waals surface area (Å²) in [6.07, 6.45) is -0.0970. The van der Waals surface area contributed by atoms with E-state index >= 15 is 0 Å². The molecule has 5 nitrogen and oxygen atoms in total. The van der Waals surface area contributed by atoms with Crippen molar-refractivity contribution in [2.75, 3.05) is 6.54 Å². The fourth-order valence-corrected chi connectivity index (χ4v) is 2.57. The molecule has 0 spiro atoms. The Labute approximate surface area is 130 Å². The maximum Gasteiger partial charge on any atom is 0.227 e. The Morgan fingerprint density at radius 2 is 2.00 bits per heavy atom. The number of amides is 1. The third kappa shape index (κ3) is 3.74. The Morgan fingerprint density at radius 1 is 1.32 bits per heavy atom. The molecule has 0 aliphatic carbocycles. The number of aliphatic hydroxyl groups is 1. The number of aromatic nitrogens is 1. The molecule has 0 aliphatic heterocycles. The van der Waals surface area contributed by atoms with Gasteiger partial charge in [-0.05, 0) is 32.8 Å². The minimum absolute atomic E-state index is 0.0883. The Morgan fingerprint density at radius 3 is 2.59 bits per heavy atom. The van der Waals surface area contributed by atoms with Gasteiger partial charge in [-0.1, -0.05) is 35.5 Å². The maximum absolute atomic E-state index is 12.2. The van der Waals surface area contributed by atoms with Gasteiger partial charge < -0.3 is 14.9 Å². The summed E-state index contributed by atoms with van der Waals surface area (Å²) in [5, 5.41) is 16.8. The smallest absolute Gasteiger partial charge is 0.227 e. The first-order valence-corrected chi connectivity index (χ1v) is 7.44. The predicted octanol–water partition coefficient (Wildman–Crippen LogP) is 2.63. The lowest BCUT2D eigenvalue weighted by Crippen LogP contribution is -2.30. The van der Waals surface area contributed by atoms with Gasteiger partial charge in [-0.3, -0.25) is 4.79 Å². The lowest BCUT2D eigenvalue weighted by Gasteiger charge is -2.14. The molecule has 1 heterocycles. The normalized spacial score (nSPS) is 13.6. The number of hydrogen-bond acceptors (Lipinski definition) is 4. The molecule has 2 aromatic rings. The van der Waals surface area contributed by atoms with Crippen LogP contribution in [0.4, 0.5) is 0 Å². The third-order valence-electron chi connectivity index (χ3n) is 3.82. The zero-order chi connectivity index (χ0) is 16.1. The van der Waals surface area contributed by atoms with Crippen LogP contribution in [0.25, 0.3) is 0 Å². The van der Waals surface area contributed by atoms with E-state index in [9.17, 15) is 9.90 Å². The topological polar surface area (TPSA) is 75.4 Å². The maximum atomic E-state index is 12.2. The Hall–Kier alpha value is -2.14. The number of carbonyl (C=O) groups excluding carboxylic acids is 1. The molecule has 2 rings (SSSR count). The van der Waals surface area contributed by atoms with Crippen molar-refractivity contribution in [3.8, 4) is 0 Å². The van der Waals surface area contributed by atoms with Crippen LogP contribution < -0.4 is 5.32 Å². The Kier molecular flexibility index (Phi) is 5.33. The van der Waals surface area contributed by atoms with Crippen LogP contribution in [-0.2, 0) is 4.79 Å². The molecule has 1 aromatic heterocycles. The molecule has 0 radical (unpaired) electrons. The highest BCUT2D eigenvalue weighted by atomic mass is 16.5. The minimum atomic E-state index is -0.573. The average Bonchev–Trinajstić information content (AvgIpc) is 2.86. The van der Waals surface area contributed by atoms with Crippen LogP contribution in [0.15, 0.2) is 34.9 Å². The summed E-state index contributed by atoms with van der Waals surface area (Å²) in [7, 11) is 0. The summed E-state index contributed by atoms with van der Waals surface area (Å²) >= 11 is 0. The summed E-state index contributed by atoms with van der Waals surface area (Å²) in [6, 6.07) is 9.43. The Balaban J connectivity index is 1.85. The zero-order valence-corrected chi connectivity index (χ0v) is 13.2. The van der Waals surface area contributed by atoms with Gasteiger partial charge in [0.05, 0.1) is 17.7 Å². The highest BCUT2D eigenvalue weighted by Gasteiger charge is 2.22. The first-order valence-electron chi connectivity index (χ1n) is 7.44. The number of hydrogen-bond donors (Lipinski definition) is 2. The van der Waals surface area contributed by atoms with Crippen molar-refractivity contribution in [3.05, 3.63) is 52.9 Å². The standard InChI is InChI=1S/C17H22N2O3/c1-11(16-12(2)19-22-13(16)3)17(21)18-10-9-15(20)14-7-5-4-6-8-14/h4-8,11,15,20H,9-10H2,1-3H3,(H,18,21). The summed E-state index contributed by atoms with van der Waals surface area (Å²) in [5.41, 5.74) is 2.43. The van der Waals surface area contributed by atoms with Gasteiger partial charge in [0.15, 0.2) is 0 Å². The molecule has 22 heavy (non-hydrogen) atoms. The van der Waals surface area contributed by atoms with Crippen molar-refractivity contribution in [2.45, 2.75) is 39.2 Å². The van der Waals surface area contributed by atoms with E-state index in [1.807, 2.05) is 44.2 Å². The summed E-state index contributed by atoms with van der Waals surface area (Å²) in [5.74, 6) is 0.263. The van der Waals surface area contributed by atoms with Crippen molar-refractivity contribution >= 4 is 5.91 Å². The number of carbonyl (C=O) groups is 1. The summed E-state index contributed by atoms with van der Waals surface area (Å²) in [6.45, 7) is 5.88. The molecule has 1 amide bonds. The lowest BCUT2D eigenvalue weighted by molar-refractivity contribution is -0.122. The molecule has 1 aromatic carbocycles. The van der Waals surface area contributed by atoms with Gasteiger partial charge in [0.1, 0.15) is 5.76 Å². The lowest BCUT2D eigenvalue weighted by atomic mass is 9.98. The monoisotopic (exact) mass is 302 g/mol. The minimum Gasteiger partial charge on any atom is -0.388 e. The van der Waals surface area contributed by atoms with E-state index < -0.39 is 6.10 Å². The molecule has 118 valence electrons. The number of aryl methyl sites for hydroxylation is 2. The van der Waals surface area contributed by atoms with E-state index in [0.29, 0.717) is 18.7 Å². The first-order chi connectivity index (χ1) is 10.5. The van der Waals surface area contributed by atoms with E-state index in [1.54, 1.807) is 6.92 Å². The van der Waals surface area contributed by atoms with Gasteiger partial charge in [-0.15, -0.1) is 0 Å². The molecule has 0 fully saturated rings. The second-order valence-electron chi connectivity index (χ2n) is 5.47. The third-order valence-corrected chi connectivity index (χ3v) is 3.82. The largest absolute Gasteiger partial charge is 0.388 e. The van der Waals surface area contributed by atoms with Crippen molar-refractivity contribution in [1.82, 2.24) is 10.5 Å². The van der Waals surface area contributed by atoms with Crippen LogP contribution in [-0.4, -0.2) is 22.7 Å². The number of aliphatic hydroxyl groups excluding tert-OH is 1. The molecule has 2 unspecified atom stereocenters. The summed E-state index contributed by atoms with van der Waals surface area (Å²) < 4.78 is 5.10. The highest BCUT2D eigenvalue weighted by molar-refractivity contribution is 5.83. The molecular weight excluding hydrogens is 280 g/mol. The fourth-order valence-electron chi connectivity index (χ4n) is 2.57. The molecule has 0 aliphatic rings. The SMILES string of the molecule is Cc1noc(C)c1C(C)C(=O)NCCC(O)c1ccccc1. The molecule has 2 atom stereocenters. The second kappa shape index (κ2) is 7.22. The quantitative estimate of drug-likeness (QED) is 0.860. The predicted molar refractivity (Wildman–Crippen MR) is 83.4 cm³/mol. The van der Waals surface area contributed by atoms with Crippen molar-refractivity contribution < 1.29 is 14.4 Å². The van der Waals surface area contributed by atoms with Crippen LogP contribution in [0.1, 0.15) is 47.9 Å².